The van der Waals surface area contributed by atoms with Gasteiger partial charge in [-0.1, -0.05) is 18.6 Å². The van der Waals surface area contributed by atoms with E-state index in [-0.39, 0.29) is 5.56 Å². The minimum atomic E-state index is -1.01. The van der Waals surface area contributed by atoms with Gasteiger partial charge in [0.2, 0.25) is 5.88 Å². The molecule has 0 aliphatic rings. The summed E-state index contributed by atoms with van der Waals surface area (Å²) >= 11 is 0. The van der Waals surface area contributed by atoms with E-state index in [9.17, 15) is 9.90 Å². The minimum Gasteiger partial charge on any atom is -0.481 e. The molecule has 0 atom stereocenters. The molecule has 0 aliphatic heterocycles. The van der Waals surface area contributed by atoms with Gasteiger partial charge in [-0.3, -0.25) is 4.98 Å². The van der Waals surface area contributed by atoms with Crippen molar-refractivity contribution < 1.29 is 14.6 Å². The Bertz CT molecular complexity index is 1310. The molecule has 3 heterocycles. The highest BCUT2D eigenvalue weighted by Gasteiger charge is 2.23. The number of hydrogen-bond donors (Lipinski definition) is 2. The molecule has 0 radical (unpaired) electrons. The summed E-state index contributed by atoms with van der Waals surface area (Å²) in [6.07, 6.45) is 5.87. The lowest BCUT2D eigenvalue weighted by atomic mass is 10.0. The van der Waals surface area contributed by atoms with E-state index >= 15 is 0 Å². The van der Waals surface area contributed by atoms with Crippen molar-refractivity contribution in [3.05, 3.63) is 77.4 Å². The van der Waals surface area contributed by atoms with Crippen molar-refractivity contribution in [3.63, 3.8) is 0 Å². The molecule has 4 aromatic rings. The number of carbonyl (C=O) groups is 1. The number of hydrogen-bond acceptors (Lipinski definition) is 6. The SMILES string of the molecule is CCc1nn(-c2cnccc2C)c(Nc2ccc(C)cc2C(=O)O)c1-c1ccc(OC)nc1. The number of aryl methyl sites for hydroxylation is 3. The van der Waals surface area contributed by atoms with E-state index in [0.29, 0.717) is 23.8 Å². The van der Waals surface area contributed by atoms with Gasteiger partial charge in [0.25, 0.3) is 0 Å². The van der Waals surface area contributed by atoms with E-state index in [2.05, 4.69) is 15.3 Å². The number of pyridine rings is 2. The van der Waals surface area contributed by atoms with E-state index in [1.165, 1.54) is 0 Å². The van der Waals surface area contributed by atoms with Gasteiger partial charge in [0.05, 0.1) is 35.9 Å². The number of anilines is 2. The highest BCUT2D eigenvalue weighted by atomic mass is 16.5. The van der Waals surface area contributed by atoms with Crippen LogP contribution in [0.15, 0.2) is 55.0 Å². The number of ether oxygens (including phenoxy) is 1. The molecule has 1 aromatic carbocycles. The zero-order chi connectivity index (χ0) is 23.5. The summed E-state index contributed by atoms with van der Waals surface area (Å²) in [6, 6.07) is 10.9. The Hall–Kier alpha value is -4.20. The molecule has 4 rings (SSSR count). The van der Waals surface area contributed by atoms with Crippen LogP contribution >= 0.6 is 0 Å². The van der Waals surface area contributed by atoms with E-state index in [1.54, 1.807) is 48.6 Å². The maximum Gasteiger partial charge on any atom is 0.337 e. The summed E-state index contributed by atoms with van der Waals surface area (Å²) in [5.74, 6) is 0.142. The number of carboxylic acids is 1. The molecule has 0 fully saturated rings. The van der Waals surface area contributed by atoms with Gasteiger partial charge in [-0.2, -0.15) is 5.10 Å². The Labute approximate surface area is 191 Å². The van der Waals surface area contributed by atoms with Crippen LogP contribution in [0.5, 0.6) is 5.88 Å². The molecule has 0 unspecified atom stereocenters. The van der Waals surface area contributed by atoms with Gasteiger partial charge in [0.1, 0.15) is 5.82 Å². The fraction of sp³-hybridized carbons (Fsp3) is 0.200. The molecule has 0 saturated heterocycles. The van der Waals surface area contributed by atoms with Crippen molar-refractivity contribution in [2.45, 2.75) is 27.2 Å². The van der Waals surface area contributed by atoms with Crippen molar-refractivity contribution in [3.8, 4) is 22.7 Å². The highest BCUT2D eigenvalue weighted by Crippen LogP contribution is 2.37. The number of benzene rings is 1. The van der Waals surface area contributed by atoms with Crippen LogP contribution in [0.25, 0.3) is 16.8 Å². The summed E-state index contributed by atoms with van der Waals surface area (Å²) in [5, 5.41) is 18.0. The maximum atomic E-state index is 12.0. The molecule has 33 heavy (non-hydrogen) atoms. The van der Waals surface area contributed by atoms with Crippen LogP contribution in [-0.4, -0.2) is 37.9 Å². The summed E-state index contributed by atoms with van der Waals surface area (Å²) < 4.78 is 6.99. The normalized spacial score (nSPS) is 10.8. The minimum absolute atomic E-state index is 0.183. The van der Waals surface area contributed by atoms with Gasteiger partial charge in [-0.25, -0.2) is 14.5 Å². The van der Waals surface area contributed by atoms with Crippen LogP contribution < -0.4 is 10.1 Å². The second-order valence-corrected chi connectivity index (χ2v) is 7.67. The standard InChI is InChI=1S/C25H25N5O3/c1-5-19-23(17-7-9-22(33-4)27-13-17)24(30(29-19)21-14-26-11-10-16(21)3)28-20-8-6-15(2)12-18(20)25(31)32/h6-14,28H,5H2,1-4H3,(H,31,32). The number of methoxy groups -OCH3 is 1. The first-order valence-corrected chi connectivity index (χ1v) is 10.6. The zero-order valence-corrected chi connectivity index (χ0v) is 19.0. The molecule has 3 aromatic heterocycles. The number of nitrogens with zero attached hydrogens (tertiary/aromatic N) is 4. The lowest BCUT2D eigenvalue weighted by molar-refractivity contribution is 0.0698. The molecule has 8 nitrogen and oxygen atoms in total. The fourth-order valence-electron chi connectivity index (χ4n) is 3.70. The molecule has 168 valence electrons. The Morgan fingerprint density at radius 2 is 1.97 bits per heavy atom. The van der Waals surface area contributed by atoms with Gasteiger partial charge in [-0.05, 0) is 50.1 Å². The zero-order valence-electron chi connectivity index (χ0n) is 19.0. The van der Waals surface area contributed by atoms with E-state index in [0.717, 1.165) is 33.6 Å². The quantitative estimate of drug-likeness (QED) is 0.416. The maximum absolute atomic E-state index is 12.0. The molecule has 0 saturated carbocycles. The number of aromatic nitrogens is 4. The molecule has 0 spiro atoms. The van der Waals surface area contributed by atoms with Gasteiger partial charge >= 0.3 is 5.97 Å². The molecule has 0 bridgehead atoms. The summed E-state index contributed by atoms with van der Waals surface area (Å²) in [5.41, 5.74) is 5.83. The molecule has 0 amide bonds. The Morgan fingerprint density at radius 1 is 1.15 bits per heavy atom. The number of nitrogens with one attached hydrogen (secondary N) is 1. The van der Waals surface area contributed by atoms with Crippen molar-refractivity contribution in [2.75, 3.05) is 12.4 Å². The number of rotatable bonds is 7. The molecule has 8 heteroatoms. The molecular weight excluding hydrogens is 418 g/mol. The van der Waals surface area contributed by atoms with Crippen molar-refractivity contribution in [1.29, 1.82) is 0 Å². The van der Waals surface area contributed by atoms with E-state index in [4.69, 9.17) is 9.84 Å². The second kappa shape index (κ2) is 9.12. The van der Waals surface area contributed by atoms with Crippen LogP contribution in [0.1, 0.15) is 34.1 Å². The van der Waals surface area contributed by atoms with Crippen molar-refractivity contribution in [1.82, 2.24) is 19.7 Å². The van der Waals surface area contributed by atoms with Gasteiger partial charge in [0, 0.05) is 29.6 Å². The Morgan fingerprint density at radius 3 is 2.61 bits per heavy atom. The fourth-order valence-corrected chi connectivity index (χ4v) is 3.70. The number of carboxylic acid groups (broad SMARTS) is 1. The largest absolute Gasteiger partial charge is 0.481 e. The van der Waals surface area contributed by atoms with Gasteiger partial charge < -0.3 is 15.2 Å². The van der Waals surface area contributed by atoms with Crippen LogP contribution in [0.4, 0.5) is 11.5 Å². The smallest absolute Gasteiger partial charge is 0.337 e. The van der Waals surface area contributed by atoms with Crippen LogP contribution in [0, 0.1) is 13.8 Å². The first-order chi connectivity index (χ1) is 15.9. The third-order valence-electron chi connectivity index (χ3n) is 5.43. The highest BCUT2D eigenvalue weighted by molar-refractivity contribution is 5.96. The monoisotopic (exact) mass is 443 g/mol. The van der Waals surface area contributed by atoms with E-state index in [1.807, 2.05) is 39.0 Å². The first-order valence-electron chi connectivity index (χ1n) is 10.6. The summed E-state index contributed by atoms with van der Waals surface area (Å²) in [4.78, 5) is 20.6. The van der Waals surface area contributed by atoms with Crippen LogP contribution in [0.2, 0.25) is 0 Å². The summed E-state index contributed by atoms with van der Waals surface area (Å²) in [7, 11) is 1.57. The third-order valence-corrected chi connectivity index (χ3v) is 5.43. The molecular formula is C25H25N5O3. The molecule has 0 aliphatic carbocycles. The first kappa shape index (κ1) is 22.0. The van der Waals surface area contributed by atoms with Crippen molar-refractivity contribution in [2.24, 2.45) is 0 Å². The topological polar surface area (TPSA) is 102 Å². The number of aromatic carboxylic acids is 1. The predicted molar refractivity (Wildman–Crippen MR) is 127 cm³/mol. The predicted octanol–water partition coefficient (Wildman–Crippen LogP) is 4.96. The van der Waals surface area contributed by atoms with Crippen LogP contribution in [0.3, 0.4) is 0 Å². The molecule has 2 N–H and O–H groups in total. The average Bonchev–Trinajstić information content (AvgIpc) is 3.18. The second-order valence-electron chi connectivity index (χ2n) is 7.67. The van der Waals surface area contributed by atoms with E-state index < -0.39 is 5.97 Å². The Kier molecular flexibility index (Phi) is 6.08. The van der Waals surface area contributed by atoms with Gasteiger partial charge in [-0.15, -0.1) is 0 Å². The summed E-state index contributed by atoms with van der Waals surface area (Å²) in [6.45, 7) is 5.88. The average molecular weight is 444 g/mol. The van der Waals surface area contributed by atoms with Gasteiger partial charge in [0.15, 0.2) is 0 Å². The van der Waals surface area contributed by atoms with Crippen molar-refractivity contribution >= 4 is 17.5 Å². The lowest BCUT2D eigenvalue weighted by Gasteiger charge is -2.15. The lowest BCUT2D eigenvalue weighted by Crippen LogP contribution is -2.08. The van der Waals surface area contributed by atoms with Crippen LogP contribution in [-0.2, 0) is 6.42 Å². The Balaban J connectivity index is 1.97. The third kappa shape index (κ3) is 4.27.